The van der Waals surface area contributed by atoms with Gasteiger partial charge in [0.05, 0.1) is 12.1 Å². The summed E-state index contributed by atoms with van der Waals surface area (Å²) in [5, 5.41) is 0.717. The molecule has 5 heteroatoms. The lowest BCUT2D eigenvalue weighted by molar-refractivity contribution is 0.216. The molecule has 3 nitrogen and oxygen atoms in total. The average Bonchev–Trinajstić information content (AvgIpc) is 2.34. The third-order valence-corrected chi connectivity index (χ3v) is 3.43. The molecule has 0 amide bonds. The molecule has 0 unspecified atom stereocenters. The Balaban J connectivity index is 2.83. The summed E-state index contributed by atoms with van der Waals surface area (Å²) in [5.74, 6) is 0.852. The van der Waals surface area contributed by atoms with Gasteiger partial charge in [0.2, 0.25) is 0 Å². The summed E-state index contributed by atoms with van der Waals surface area (Å²) < 4.78 is 5.37. The number of benzene rings is 1. The Morgan fingerprint density at radius 2 is 2.16 bits per heavy atom. The first-order chi connectivity index (χ1) is 8.93. The summed E-state index contributed by atoms with van der Waals surface area (Å²) in [6.45, 7) is 5.90. The molecule has 1 rings (SSSR count). The van der Waals surface area contributed by atoms with Crippen LogP contribution in [0.1, 0.15) is 25.8 Å². The van der Waals surface area contributed by atoms with Gasteiger partial charge in [-0.2, -0.15) is 0 Å². The van der Waals surface area contributed by atoms with Gasteiger partial charge in [-0.05, 0) is 32.0 Å². The van der Waals surface area contributed by atoms with E-state index in [2.05, 4.69) is 18.7 Å². The van der Waals surface area contributed by atoms with E-state index in [0.29, 0.717) is 16.1 Å². The van der Waals surface area contributed by atoms with E-state index < -0.39 is 0 Å². The number of halogens is 1. The van der Waals surface area contributed by atoms with Gasteiger partial charge in [-0.3, -0.25) is 4.90 Å². The van der Waals surface area contributed by atoms with Crippen LogP contribution in [0.2, 0.25) is 5.02 Å². The number of ether oxygens (including phenoxy) is 1. The number of nitrogens with zero attached hydrogens (tertiary/aromatic N) is 1. The van der Waals surface area contributed by atoms with E-state index >= 15 is 0 Å². The van der Waals surface area contributed by atoms with E-state index in [-0.39, 0.29) is 0 Å². The Hall–Kier alpha value is -0.840. The molecule has 0 aliphatic carbocycles. The highest BCUT2D eigenvalue weighted by Gasteiger charge is 2.13. The molecule has 0 saturated heterocycles. The lowest BCUT2D eigenvalue weighted by atomic mass is 10.1. The van der Waals surface area contributed by atoms with Crippen molar-refractivity contribution >= 4 is 28.8 Å². The molecule has 1 aromatic carbocycles. The standard InChI is InChI=1S/C14H21ClN2OS/c1-10(2)17(7-6-14(16)19)9-11-8-12(15)4-5-13(11)18-3/h4-5,8,10H,6-7,9H2,1-3H3,(H2,16,19). The Bertz CT molecular complexity index is 437. The van der Waals surface area contributed by atoms with Gasteiger partial charge >= 0.3 is 0 Å². The van der Waals surface area contributed by atoms with Gasteiger partial charge in [0.15, 0.2) is 0 Å². The second-order valence-corrected chi connectivity index (χ2v) is 5.70. The molecule has 0 atom stereocenters. The molecule has 0 radical (unpaired) electrons. The smallest absolute Gasteiger partial charge is 0.123 e. The number of nitrogens with two attached hydrogens (primary N) is 1. The predicted molar refractivity (Wildman–Crippen MR) is 85.0 cm³/mol. The molecule has 0 bridgehead atoms. The van der Waals surface area contributed by atoms with Crippen molar-refractivity contribution in [1.29, 1.82) is 0 Å². The summed E-state index contributed by atoms with van der Waals surface area (Å²) in [5.41, 5.74) is 6.65. The maximum atomic E-state index is 6.05. The van der Waals surface area contributed by atoms with Crippen molar-refractivity contribution in [2.75, 3.05) is 13.7 Å². The van der Waals surface area contributed by atoms with E-state index in [4.69, 9.17) is 34.3 Å². The highest BCUT2D eigenvalue weighted by Crippen LogP contribution is 2.24. The molecule has 0 fully saturated rings. The predicted octanol–water partition coefficient (Wildman–Crippen LogP) is 3.24. The first kappa shape index (κ1) is 16.2. The van der Waals surface area contributed by atoms with Crippen molar-refractivity contribution in [1.82, 2.24) is 4.90 Å². The molecule has 0 spiro atoms. The van der Waals surface area contributed by atoms with Crippen molar-refractivity contribution in [2.24, 2.45) is 5.73 Å². The first-order valence-electron chi connectivity index (χ1n) is 6.28. The van der Waals surface area contributed by atoms with Gasteiger partial charge < -0.3 is 10.5 Å². The normalized spacial score (nSPS) is 11.1. The number of hydrogen-bond acceptors (Lipinski definition) is 3. The fourth-order valence-electron chi connectivity index (χ4n) is 1.86. The fraction of sp³-hybridized carbons (Fsp3) is 0.500. The topological polar surface area (TPSA) is 38.5 Å². The third-order valence-electron chi connectivity index (χ3n) is 2.99. The van der Waals surface area contributed by atoms with Crippen LogP contribution in [0.25, 0.3) is 0 Å². The van der Waals surface area contributed by atoms with Crippen LogP contribution in [0.15, 0.2) is 18.2 Å². The van der Waals surface area contributed by atoms with Crippen molar-refractivity contribution in [3.63, 3.8) is 0 Å². The minimum atomic E-state index is 0.401. The molecule has 0 aliphatic rings. The number of rotatable bonds is 7. The average molecular weight is 301 g/mol. The molecule has 19 heavy (non-hydrogen) atoms. The Morgan fingerprint density at radius 1 is 1.47 bits per heavy atom. The number of thiocarbonyl (C=S) groups is 1. The fourth-order valence-corrected chi connectivity index (χ4v) is 2.15. The van der Waals surface area contributed by atoms with Crippen molar-refractivity contribution < 1.29 is 4.74 Å². The molecule has 0 heterocycles. The van der Waals surface area contributed by atoms with E-state index in [1.54, 1.807) is 7.11 Å². The van der Waals surface area contributed by atoms with E-state index in [1.165, 1.54) is 0 Å². The molecule has 0 aliphatic heterocycles. The Labute approximate surface area is 125 Å². The molecule has 0 aromatic heterocycles. The molecule has 2 N–H and O–H groups in total. The van der Waals surface area contributed by atoms with Crippen LogP contribution in [0, 0.1) is 0 Å². The monoisotopic (exact) mass is 300 g/mol. The Morgan fingerprint density at radius 3 is 2.68 bits per heavy atom. The van der Waals surface area contributed by atoms with Crippen molar-refractivity contribution in [3.8, 4) is 5.75 Å². The zero-order valence-corrected chi connectivity index (χ0v) is 13.2. The molecular weight excluding hydrogens is 280 g/mol. The van der Waals surface area contributed by atoms with Crippen LogP contribution in [-0.2, 0) is 6.54 Å². The summed E-state index contributed by atoms with van der Waals surface area (Å²) in [6, 6.07) is 6.07. The molecule has 0 saturated carbocycles. The summed E-state index contributed by atoms with van der Waals surface area (Å²) in [7, 11) is 1.67. The molecular formula is C14H21ClN2OS. The van der Waals surface area contributed by atoms with Gasteiger partial charge in [-0.1, -0.05) is 23.8 Å². The SMILES string of the molecule is COc1ccc(Cl)cc1CN(CCC(N)=S)C(C)C. The maximum absolute atomic E-state index is 6.05. The second kappa shape index (κ2) is 7.68. The molecule has 106 valence electrons. The van der Waals surface area contributed by atoms with Gasteiger partial charge in [-0.15, -0.1) is 0 Å². The van der Waals surface area contributed by atoms with Crippen LogP contribution in [0.3, 0.4) is 0 Å². The van der Waals surface area contributed by atoms with Crippen LogP contribution in [0.4, 0.5) is 0 Å². The molecule has 1 aromatic rings. The van der Waals surface area contributed by atoms with Crippen molar-refractivity contribution in [2.45, 2.75) is 32.9 Å². The summed E-state index contributed by atoms with van der Waals surface area (Å²) >= 11 is 11.0. The van der Waals surface area contributed by atoms with Gasteiger partial charge in [0.1, 0.15) is 5.75 Å². The first-order valence-corrected chi connectivity index (χ1v) is 7.07. The highest BCUT2D eigenvalue weighted by atomic mass is 35.5. The van der Waals surface area contributed by atoms with Gasteiger partial charge in [0.25, 0.3) is 0 Å². The zero-order valence-electron chi connectivity index (χ0n) is 11.6. The number of hydrogen-bond donors (Lipinski definition) is 1. The minimum absolute atomic E-state index is 0.401. The second-order valence-electron chi connectivity index (χ2n) is 4.74. The van der Waals surface area contributed by atoms with Crippen molar-refractivity contribution in [3.05, 3.63) is 28.8 Å². The lowest BCUT2D eigenvalue weighted by Gasteiger charge is -2.27. The van der Waals surface area contributed by atoms with E-state index in [9.17, 15) is 0 Å². The van der Waals surface area contributed by atoms with E-state index in [0.717, 1.165) is 30.8 Å². The minimum Gasteiger partial charge on any atom is -0.496 e. The zero-order chi connectivity index (χ0) is 14.4. The number of methoxy groups -OCH3 is 1. The van der Waals surface area contributed by atoms with Crippen LogP contribution >= 0.6 is 23.8 Å². The van der Waals surface area contributed by atoms with Crippen LogP contribution in [-0.4, -0.2) is 29.6 Å². The Kier molecular flexibility index (Phi) is 6.55. The van der Waals surface area contributed by atoms with Crippen LogP contribution in [0.5, 0.6) is 5.75 Å². The summed E-state index contributed by atoms with van der Waals surface area (Å²) in [6.07, 6.45) is 0.719. The largest absolute Gasteiger partial charge is 0.496 e. The highest BCUT2D eigenvalue weighted by molar-refractivity contribution is 7.80. The van der Waals surface area contributed by atoms with E-state index in [1.807, 2.05) is 18.2 Å². The quantitative estimate of drug-likeness (QED) is 0.785. The van der Waals surface area contributed by atoms with Crippen LogP contribution < -0.4 is 10.5 Å². The van der Waals surface area contributed by atoms with Gasteiger partial charge in [-0.25, -0.2) is 0 Å². The lowest BCUT2D eigenvalue weighted by Crippen LogP contribution is -2.33. The maximum Gasteiger partial charge on any atom is 0.123 e. The summed E-state index contributed by atoms with van der Waals surface area (Å²) in [4.78, 5) is 2.84. The third kappa shape index (κ3) is 5.35. The van der Waals surface area contributed by atoms with Gasteiger partial charge in [0, 0.05) is 36.1 Å².